The van der Waals surface area contributed by atoms with E-state index in [1.54, 1.807) is 7.11 Å². The van der Waals surface area contributed by atoms with Gasteiger partial charge in [0.05, 0.1) is 11.6 Å². The summed E-state index contributed by atoms with van der Waals surface area (Å²) in [6, 6.07) is 2.12. The molecule has 0 atom stereocenters. The molecule has 0 bridgehead atoms. The molecule has 0 radical (unpaired) electrons. The van der Waals surface area contributed by atoms with E-state index in [0.717, 1.165) is 30.4 Å². The van der Waals surface area contributed by atoms with Crippen molar-refractivity contribution in [2.75, 3.05) is 7.11 Å². The highest BCUT2D eigenvalue weighted by molar-refractivity contribution is 14.1. The Labute approximate surface area is 110 Å². The highest BCUT2D eigenvalue weighted by Gasteiger charge is 2.15. The molecule has 0 aliphatic carbocycles. The van der Waals surface area contributed by atoms with E-state index in [0.29, 0.717) is 0 Å². The summed E-state index contributed by atoms with van der Waals surface area (Å²) in [6.45, 7) is 2.05. The highest BCUT2D eigenvalue weighted by Crippen LogP contribution is 2.37. The lowest BCUT2D eigenvalue weighted by Gasteiger charge is -2.05. The van der Waals surface area contributed by atoms with Gasteiger partial charge in [-0.1, -0.05) is 0 Å². The van der Waals surface area contributed by atoms with Gasteiger partial charge in [0.15, 0.2) is 5.75 Å². The number of hydrogen-bond donors (Lipinski definition) is 0. The molecule has 0 aliphatic heterocycles. The molecule has 3 nitrogen and oxygen atoms in total. The van der Waals surface area contributed by atoms with Crippen LogP contribution in [0.3, 0.4) is 0 Å². The maximum Gasteiger partial charge on any atom is 0.162 e. The van der Waals surface area contributed by atoms with E-state index in [1.165, 1.54) is 0 Å². The van der Waals surface area contributed by atoms with E-state index in [9.17, 15) is 0 Å². The summed E-state index contributed by atoms with van der Waals surface area (Å²) in [7, 11) is 3.61. The van der Waals surface area contributed by atoms with Gasteiger partial charge in [-0.25, -0.2) is 0 Å². The van der Waals surface area contributed by atoms with Crippen LogP contribution in [0.1, 0.15) is 5.69 Å². The zero-order valence-corrected chi connectivity index (χ0v) is 12.4. The van der Waals surface area contributed by atoms with E-state index in [4.69, 9.17) is 4.74 Å². The van der Waals surface area contributed by atoms with Crippen LogP contribution in [0.25, 0.3) is 10.9 Å². The van der Waals surface area contributed by atoms with Crippen LogP contribution < -0.4 is 4.74 Å². The number of halogens is 2. The topological polar surface area (TPSA) is 27.1 Å². The van der Waals surface area contributed by atoms with E-state index in [1.807, 2.05) is 11.7 Å². The third kappa shape index (κ3) is 1.65. The number of nitrogens with zero attached hydrogens (tertiary/aromatic N) is 2. The Morgan fingerprint density at radius 3 is 2.80 bits per heavy atom. The minimum atomic E-state index is 0.806. The monoisotopic (exact) mass is 380 g/mol. The van der Waals surface area contributed by atoms with Crippen molar-refractivity contribution in [1.29, 1.82) is 0 Å². The Morgan fingerprint density at radius 2 is 2.20 bits per heavy atom. The Morgan fingerprint density at radius 1 is 1.53 bits per heavy atom. The molecule has 0 spiro atoms. The largest absolute Gasteiger partial charge is 0.493 e. The number of aryl methyl sites for hydroxylation is 2. The summed E-state index contributed by atoms with van der Waals surface area (Å²) in [5.41, 5.74) is 2.05. The van der Waals surface area contributed by atoms with Gasteiger partial charge in [0.25, 0.3) is 0 Å². The predicted molar refractivity (Wildman–Crippen MR) is 72.4 cm³/mol. The third-order valence-corrected chi connectivity index (χ3v) is 4.86. The average Bonchev–Trinajstić information content (AvgIpc) is 2.47. The summed E-state index contributed by atoms with van der Waals surface area (Å²) in [5, 5.41) is 5.58. The van der Waals surface area contributed by atoms with Crippen molar-refractivity contribution in [2.24, 2.45) is 7.05 Å². The summed E-state index contributed by atoms with van der Waals surface area (Å²) >= 11 is 5.80. The first-order valence-corrected chi connectivity index (χ1v) is 6.28. The van der Waals surface area contributed by atoms with Crippen molar-refractivity contribution < 1.29 is 4.74 Å². The second-order valence-corrected chi connectivity index (χ2v) is 5.27. The molecule has 1 aromatic carbocycles. The first-order chi connectivity index (χ1) is 7.06. The van der Waals surface area contributed by atoms with E-state index in [2.05, 4.69) is 56.6 Å². The fourth-order valence-electron chi connectivity index (χ4n) is 1.55. The van der Waals surface area contributed by atoms with Crippen molar-refractivity contribution in [3.8, 4) is 5.75 Å². The molecule has 5 heteroatoms. The first-order valence-electron chi connectivity index (χ1n) is 4.41. The van der Waals surface area contributed by atoms with Gasteiger partial charge >= 0.3 is 0 Å². The molecule has 1 aromatic heterocycles. The van der Waals surface area contributed by atoms with Crippen LogP contribution in [-0.2, 0) is 7.05 Å². The number of benzene rings is 1. The van der Waals surface area contributed by atoms with Crippen molar-refractivity contribution >= 4 is 49.4 Å². The van der Waals surface area contributed by atoms with Crippen LogP contribution in [0.5, 0.6) is 5.75 Å². The summed E-state index contributed by atoms with van der Waals surface area (Å²) in [6.07, 6.45) is 0. The number of aromatic nitrogens is 2. The molecular weight excluding hydrogens is 371 g/mol. The first kappa shape index (κ1) is 11.2. The van der Waals surface area contributed by atoms with E-state index >= 15 is 0 Å². The summed E-state index contributed by atoms with van der Waals surface area (Å²) < 4.78 is 9.35. The van der Waals surface area contributed by atoms with Gasteiger partial charge in [-0.15, -0.1) is 0 Å². The molecule has 0 unspecified atom stereocenters. The molecule has 2 rings (SSSR count). The van der Waals surface area contributed by atoms with Gasteiger partial charge in [0.2, 0.25) is 0 Å². The van der Waals surface area contributed by atoms with Crippen LogP contribution >= 0.6 is 38.5 Å². The highest BCUT2D eigenvalue weighted by atomic mass is 127. The van der Waals surface area contributed by atoms with Gasteiger partial charge in [0.1, 0.15) is 5.52 Å². The van der Waals surface area contributed by atoms with Crippen molar-refractivity contribution in [3.63, 3.8) is 0 Å². The molecule has 0 aliphatic rings. The number of hydrogen-bond acceptors (Lipinski definition) is 2. The van der Waals surface area contributed by atoms with Crippen molar-refractivity contribution in [1.82, 2.24) is 9.78 Å². The smallest absolute Gasteiger partial charge is 0.162 e. The number of ether oxygens (including phenoxy) is 1. The quantitative estimate of drug-likeness (QED) is 0.710. The predicted octanol–water partition coefficient (Wildman–Crippen LogP) is 3.26. The SMILES string of the molecule is COc1c(Br)c(I)cc2c(C)n(C)nc12. The van der Waals surface area contributed by atoms with Crippen LogP contribution in [0.2, 0.25) is 0 Å². The molecule has 1 heterocycles. The van der Waals surface area contributed by atoms with Gasteiger partial charge in [-0.2, -0.15) is 5.10 Å². The Hall–Kier alpha value is -0.300. The van der Waals surface area contributed by atoms with Gasteiger partial charge < -0.3 is 4.74 Å². The van der Waals surface area contributed by atoms with Crippen LogP contribution in [0.15, 0.2) is 10.5 Å². The minimum Gasteiger partial charge on any atom is -0.493 e. The molecular formula is C10H10BrIN2O. The van der Waals surface area contributed by atoms with Gasteiger partial charge in [-0.3, -0.25) is 4.68 Å². The molecule has 80 valence electrons. The third-order valence-electron chi connectivity index (χ3n) is 2.48. The zero-order chi connectivity index (χ0) is 11.2. The molecule has 0 N–H and O–H groups in total. The molecule has 0 amide bonds. The van der Waals surface area contributed by atoms with Gasteiger partial charge in [-0.05, 0) is 51.5 Å². The van der Waals surface area contributed by atoms with Crippen LogP contribution in [0, 0.1) is 10.5 Å². The fourth-order valence-corrected chi connectivity index (χ4v) is 2.57. The Kier molecular flexibility index (Phi) is 2.94. The Bertz CT molecular complexity index is 536. The molecule has 2 aromatic rings. The number of fused-ring (bicyclic) bond motifs is 1. The Balaban J connectivity index is 2.94. The molecule has 0 saturated carbocycles. The second-order valence-electron chi connectivity index (χ2n) is 3.31. The van der Waals surface area contributed by atoms with Crippen molar-refractivity contribution in [3.05, 3.63) is 19.8 Å². The van der Waals surface area contributed by atoms with E-state index in [-0.39, 0.29) is 0 Å². The molecule has 15 heavy (non-hydrogen) atoms. The molecule has 0 fully saturated rings. The lowest BCUT2D eigenvalue weighted by Crippen LogP contribution is -1.92. The summed E-state index contributed by atoms with van der Waals surface area (Å²) in [5.74, 6) is 0.806. The standard InChI is InChI=1S/C10H10BrIN2O/c1-5-6-4-7(12)8(11)10(15-3)9(6)13-14(5)2/h4H,1-3H3. The fraction of sp³-hybridized carbons (Fsp3) is 0.300. The summed E-state index contributed by atoms with van der Waals surface area (Å²) in [4.78, 5) is 0. The normalized spacial score (nSPS) is 11.0. The number of rotatable bonds is 1. The molecule has 0 saturated heterocycles. The minimum absolute atomic E-state index is 0.806. The maximum absolute atomic E-state index is 5.38. The maximum atomic E-state index is 5.38. The lowest BCUT2D eigenvalue weighted by molar-refractivity contribution is 0.415. The van der Waals surface area contributed by atoms with Gasteiger partial charge in [0, 0.05) is 21.7 Å². The second kappa shape index (κ2) is 3.93. The number of methoxy groups -OCH3 is 1. The zero-order valence-electron chi connectivity index (χ0n) is 8.64. The van der Waals surface area contributed by atoms with Crippen molar-refractivity contribution in [2.45, 2.75) is 6.92 Å². The van der Waals surface area contributed by atoms with Crippen LogP contribution in [0.4, 0.5) is 0 Å². The average molecular weight is 381 g/mol. The van der Waals surface area contributed by atoms with Crippen LogP contribution in [-0.4, -0.2) is 16.9 Å². The van der Waals surface area contributed by atoms with E-state index < -0.39 is 0 Å². The lowest BCUT2D eigenvalue weighted by atomic mass is 10.2.